The highest BCUT2D eigenvalue weighted by Gasteiger charge is 2.30. The Morgan fingerprint density at radius 3 is 2.57 bits per heavy atom. The van der Waals surface area contributed by atoms with Gasteiger partial charge in [-0.05, 0) is 37.3 Å². The van der Waals surface area contributed by atoms with Crippen LogP contribution < -0.4 is 10.5 Å². The molecule has 0 aliphatic rings. The van der Waals surface area contributed by atoms with Gasteiger partial charge >= 0.3 is 6.18 Å². The highest BCUT2D eigenvalue weighted by Crippen LogP contribution is 2.32. The third kappa shape index (κ3) is 4.22. The maximum Gasteiger partial charge on any atom is 0.416 e. The smallest absolute Gasteiger partial charge is 0.416 e. The summed E-state index contributed by atoms with van der Waals surface area (Å²) in [6, 6.07) is 8.86. The van der Waals surface area contributed by atoms with Gasteiger partial charge in [0.05, 0.1) is 12.2 Å². The van der Waals surface area contributed by atoms with Crippen molar-refractivity contribution in [1.82, 2.24) is 0 Å². The first-order valence-corrected chi connectivity index (χ1v) is 7.28. The topological polar surface area (TPSA) is 35.2 Å². The molecule has 1 heterocycles. The largest absolute Gasteiger partial charge is 0.493 e. The van der Waals surface area contributed by atoms with Crippen LogP contribution in [0.5, 0.6) is 5.75 Å². The zero-order valence-corrected chi connectivity index (χ0v) is 12.3. The van der Waals surface area contributed by atoms with Crippen LogP contribution in [0.2, 0.25) is 0 Å². The van der Waals surface area contributed by atoms with Gasteiger partial charge in [0.25, 0.3) is 0 Å². The SMILES string of the molecule is Cc1ccc(C(CN)COc2cccc(C(F)(F)F)c2)s1. The Kier molecular flexibility index (Phi) is 4.90. The molecule has 2 rings (SSSR count). The first-order chi connectivity index (χ1) is 9.90. The van der Waals surface area contributed by atoms with Crippen LogP contribution >= 0.6 is 11.3 Å². The van der Waals surface area contributed by atoms with Crippen molar-refractivity contribution in [3.8, 4) is 5.75 Å². The monoisotopic (exact) mass is 315 g/mol. The predicted molar refractivity (Wildman–Crippen MR) is 77.8 cm³/mol. The lowest BCUT2D eigenvalue weighted by Crippen LogP contribution is -2.18. The number of thiophene rings is 1. The molecule has 2 nitrogen and oxygen atoms in total. The summed E-state index contributed by atoms with van der Waals surface area (Å²) in [6.07, 6.45) is -4.36. The molecule has 0 aliphatic heterocycles. The zero-order valence-electron chi connectivity index (χ0n) is 11.5. The summed E-state index contributed by atoms with van der Waals surface area (Å²) in [6.45, 7) is 2.64. The lowest BCUT2D eigenvalue weighted by molar-refractivity contribution is -0.137. The average molecular weight is 315 g/mol. The summed E-state index contributed by atoms with van der Waals surface area (Å²) in [5, 5.41) is 0. The Morgan fingerprint density at radius 1 is 1.24 bits per heavy atom. The molecule has 2 aromatic rings. The minimum atomic E-state index is -4.36. The molecule has 0 amide bonds. The Hall–Kier alpha value is -1.53. The molecule has 0 bridgehead atoms. The van der Waals surface area contributed by atoms with Crippen molar-refractivity contribution in [2.45, 2.75) is 19.0 Å². The zero-order chi connectivity index (χ0) is 15.5. The van der Waals surface area contributed by atoms with Gasteiger partial charge in [-0.25, -0.2) is 0 Å². The van der Waals surface area contributed by atoms with E-state index in [2.05, 4.69) is 0 Å². The number of halogens is 3. The molecule has 0 saturated heterocycles. The molecular formula is C15H16F3NOS. The van der Waals surface area contributed by atoms with E-state index in [0.29, 0.717) is 6.54 Å². The highest BCUT2D eigenvalue weighted by molar-refractivity contribution is 7.12. The number of hydrogen-bond acceptors (Lipinski definition) is 3. The Balaban J connectivity index is 2.05. The second-order valence-corrected chi connectivity index (χ2v) is 6.04. The number of alkyl halides is 3. The van der Waals surface area contributed by atoms with Crippen LogP contribution in [0.3, 0.4) is 0 Å². The van der Waals surface area contributed by atoms with E-state index in [1.54, 1.807) is 11.3 Å². The maximum absolute atomic E-state index is 12.6. The summed E-state index contributed by atoms with van der Waals surface area (Å²) in [4.78, 5) is 2.25. The minimum Gasteiger partial charge on any atom is -0.493 e. The van der Waals surface area contributed by atoms with Gasteiger partial charge in [-0.3, -0.25) is 0 Å². The number of aryl methyl sites for hydroxylation is 1. The second-order valence-electron chi connectivity index (χ2n) is 4.72. The molecule has 1 aromatic carbocycles. The fourth-order valence-corrected chi connectivity index (χ4v) is 2.87. The summed E-state index contributed by atoms with van der Waals surface area (Å²) in [7, 11) is 0. The standard InChI is InChI=1S/C15H16F3NOS/c1-10-5-6-14(21-10)11(8-19)9-20-13-4-2-3-12(7-13)15(16,17)18/h2-7,11H,8-9,19H2,1H3. The van der Waals surface area contributed by atoms with Crippen LogP contribution in [0.1, 0.15) is 21.2 Å². The van der Waals surface area contributed by atoms with Crippen LogP contribution in [0.25, 0.3) is 0 Å². The number of hydrogen-bond donors (Lipinski definition) is 1. The van der Waals surface area contributed by atoms with Crippen molar-refractivity contribution >= 4 is 11.3 Å². The van der Waals surface area contributed by atoms with Crippen molar-refractivity contribution in [2.75, 3.05) is 13.2 Å². The predicted octanol–water partition coefficient (Wildman–Crippen LogP) is 4.20. The van der Waals surface area contributed by atoms with Gasteiger partial charge < -0.3 is 10.5 Å². The van der Waals surface area contributed by atoms with E-state index in [4.69, 9.17) is 10.5 Å². The fraction of sp³-hybridized carbons (Fsp3) is 0.333. The lowest BCUT2D eigenvalue weighted by atomic mass is 10.1. The van der Waals surface area contributed by atoms with Gasteiger partial charge in [0.2, 0.25) is 0 Å². The Morgan fingerprint density at radius 2 is 2.00 bits per heavy atom. The van der Waals surface area contributed by atoms with E-state index in [1.807, 2.05) is 19.1 Å². The fourth-order valence-electron chi connectivity index (χ4n) is 1.90. The molecule has 6 heteroatoms. The van der Waals surface area contributed by atoms with Crippen LogP contribution in [0.15, 0.2) is 36.4 Å². The van der Waals surface area contributed by atoms with Crippen molar-refractivity contribution in [2.24, 2.45) is 5.73 Å². The van der Waals surface area contributed by atoms with Crippen LogP contribution in [0.4, 0.5) is 13.2 Å². The van der Waals surface area contributed by atoms with Crippen LogP contribution in [-0.2, 0) is 6.18 Å². The van der Waals surface area contributed by atoms with Gasteiger partial charge in [-0.2, -0.15) is 13.2 Å². The van der Waals surface area contributed by atoms with Crippen molar-refractivity contribution in [3.63, 3.8) is 0 Å². The van der Waals surface area contributed by atoms with Gasteiger partial charge in [0.15, 0.2) is 0 Å². The molecule has 1 atom stereocenters. The Labute approximate surface area is 125 Å². The molecule has 2 N–H and O–H groups in total. The van der Waals surface area contributed by atoms with Gasteiger partial charge in [-0.1, -0.05) is 6.07 Å². The molecule has 0 spiro atoms. The summed E-state index contributed by atoms with van der Waals surface area (Å²) >= 11 is 1.62. The van der Waals surface area contributed by atoms with Crippen molar-refractivity contribution in [1.29, 1.82) is 0 Å². The van der Waals surface area contributed by atoms with Crippen molar-refractivity contribution < 1.29 is 17.9 Å². The summed E-state index contributed by atoms with van der Waals surface area (Å²) in [5.74, 6) is 0.190. The van der Waals surface area contributed by atoms with Gasteiger partial charge in [0.1, 0.15) is 5.75 Å². The third-order valence-corrected chi connectivity index (χ3v) is 4.22. The average Bonchev–Trinajstić information content (AvgIpc) is 2.85. The van der Waals surface area contributed by atoms with Crippen molar-refractivity contribution in [3.05, 3.63) is 51.7 Å². The molecule has 1 unspecified atom stereocenters. The molecule has 0 fully saturated rings. The van der Waals surface area contributed by atoms with E-state index in [1.165, 1.54) is 17.0 Å². The highest BCUT2D eigenvalue weighted by atomic mass is 32.1. The first-order valence-electron chi connectivity index (χ1n) is 6.46. The lowest BCUT2D eigenvalue weighted by Gasteiger charge is -2.15. The number of ether oxygens (including phenoxy) is 1. The maximum atomic E-state index is 12.6. The summed E-state index contributed by atoms with van der Waals surface area (Å²) < 4.78 is 43.4. The number of benzene rings is 1. The molecule has 1 aromatic heterocycles. The number of nitrogens with two attached hydrogens (primary N) is 1. The third-order valence-electron chi connectivity index (χ3n) is 3.06. The quantitative estimate of drug-likeness (QED) is 0.897. The number of rotatable bonds is 5. The molecule has 21 heavy (non-hydrogen) atoms. The van der Waals surface area contributed by atoms with Gasteiger partial charge in [-0.15, -0.1) is 11.3 Å². The van der Waals surface area contributed by atoms with E-state index in [0.717, 1.165) is 17.0 Å². The molecular weight excluding hydrogens is 299 g/mol. The van der Waals surface area contributed by atoms with E-state index in [-0.39, 0.29) is 18.3 Å². The molecule has 0 radical (unpaired) electrons. The Bertz CT molecular complexity index is 595. The second kappa shape index (κ2) is 6.49. The molecule has 0 aliphatic carbocycles. The molecule has 114 valence electrons. The van der Waals surface area contributed by atoms with E-state index < -0.39 is 11.7 Å². The minimum absolute atomic E-state index is 0.0155. The summed E-state index contributed by atoms with van der Waals surface area (Å²) in [5.41, 5.74) is 5.01. The van der Waals surface area contributed by atoms with E-state index in [9.17, 15) is 13.2 Å². The van der Waals surface area contributed by atoms with Crippen LogP contribution in [0, 0.1) is 6.92 Å². The van der Waals surface area contributed by atoms with Gasteiger partial charge in [0, 0.05) is 22.2 Å². The normalized spacial score (nSPS) is 13.2. The van der Waals surface area contributed by atoms with E-state index >= 15 is 0 Å². The first kappa shape index (κ1) is 15.9. The van der Waals surface area contributed by atoms with Crippen LogP contribution in [-0.4, -0.2) is 13.2 Å². The molecule has 0 saturated carbocycles.